The van der Waals surface area contributed by atoms with Crippen molar-refractivity contribution in [1.82, 2.24) is 10.9 Å². The molecule has 0 spiro atoms. The van der Waals surface area contributed by atoms with Crippen molar-refractivity contribution < 1.29 is 24.9 Å². The Morgan fingerprint density at radius 1 is 1.26 bits per heavy atom. The topological polar surface area (TPSA) is 171 Å². The number of hydrogen-bond acceptors (Lipinski definition) is 8. The summed E-state index contributed by atoms with van der Waals surface area (Å²) in [6, 6.07) is 5.69. The molecule has 1 aromatic rings. The summed E-state index contributed by atoms with van der Waals surface area (Å²) < 4.78 is 0. The number of hydrazine groups is 2. The number of phenolic OH excluding ortho intramolecular Hbond substituents is 1. The minimum Gasteiger partial charge on any atom is -0.508 e. The lowest BCUT2D eigenvalue weighted by Gasteiger charge is -2.35. The number of benzene rings is 1. The van der Waals surface area contributed by atoms with Crippen LogP contribution in [0.25, 0.3) is 0 Å². The second kappa shape index (κ2) is 7.02. The Morgan fingerprint density at radius 3 is 2.30 bits per heavy atom. The van der Waals surface area contributed by atoms with E-state index in [0.29, 0.717) is 0 Å². The number of rotatable bonds is 8. The van der Waals surface area contributed by atoms with E-state index in [-0.39, 0.29) is 11.3 Å². The molecule has 0 radical (unpaired) electrons. The molecule has 0 aliphatic carbocycles. The molecule has 9 N–H and O–H groups in total. The third kappa shape index (κ3) is 3.84. The summed E-state index contributed by atoms with van der Waals surface area (Å²) in [5.74, 6) is 8.57. The Morgan fingerprint density at radius 2 is 1.87 bits per heavy atom. The highest BCUT2D eigenvalue weighted by molar-refractivity contribution is 5.94. The highest BCUT2D eigenvalue weighted by Crippen LogP contribution is 2.30. The monoisotopic (exact) mass is 326 g/mol. The molecule has 0 saturated heterocycles. The minimum absolute atomic E-state index is 0.0904. The zero-order chi connectivity index (χ0) is 17.8. The summed E-state index contributed by atoms with van der Waals surface area (Å²) in [6.45, 7) is 2.58. The van der Waals surface area contributed by atoms with Crippen LogP contribution in [0.5, 0.6) is 5.75 Å². The van der Waals surface area contributed by atoms with Crippen LogP contribution in [0.3, 0.4) is 0 Å². The predicted molar refractivity (Wildman–Crippen MR) is 81.8 cm³/mol. The first-order chi connectivity index (χ1) is 10.6. The number of carboxylic acids is 1. The van der Waals surface area contributed by atoms with E-state index in [0.717, 1.165) is 0 Å². The van der Waals surface area contributed by atoms with Gasteiger partial charge in [0.2, 0.25) is 0 Å². The molecule has 0 aromatic heterocycles. The number of nitrogens with two attached hydrogens (primary N) is 2. The molecular formula is C14H22N4O5. The molecule has 0 saturated carbocycles. The molecule has 9 heteroatoms. The smallest absolute Gasteiger partial charge is 0.325 e. The maximum Gasteiger partial charge on any atom is 0.325 e. The first-order valence-electron chi connectivity index (χ1n) is 6.80. The second-order valence-electron chi connectivity index (χ2n) is 5.73. The zero-order valence-corrected chi connectivity index (χ0v) is 12.9. The van der Waals surface area contributed by atoms with Gasteiger partial charge in [0.15, 0.2) is 5.78 Å². The van der Waals surface area contributed by atoms with E-state index in [1.165, 1.54) is 38.1 Å². The number of nitrogens with one attached hydrogen (secondary N) is 2. The molecule has 0 amide bonds. The van der Waals surface area contributed by atoms with Crippen molar-refractivity contribution in [3.05, 3.63) is 29.8 Å². The van der Waals surface area contributed by atoms with Crippen molar-refractivity contribution in [2.24, 2.45) is 11.7 Å². The van der Waals surface area contributed by atoms with Gasteiger partial charge in [0.1, 0.15) is 22.9 Å². The fourth-order valence-corrected chi connectivity index (χ4v) is 2.03. The quantitative estimate of drug-likeness (QED) is 0.231. The molecule has 0 heterocycles. The number of aromatic hydroxyl groups is 1. The van der Waals surface area contributed by atoms with Crippen LogP contribution in [0.15, 0.2) is 24.3 Å². The maximum absolute atomic E-state index is 12.6. The number of Topliss-reactive ketones (excluding diaryl/α,β-unsaturated/α-hetero) is 1. The Kier molecular flexibility index (Phi) is 5.81. The van der Waals surface area contributed by atoms with Crippen molar-refractivity contribution in [3.63, 3.8) is 0 Å². The normalized spacial score (nSPS) is 17.8. The molecule has 0 fully saturated rings. The van der Waals surface area contributed by atoms with Crippen LogP contribution in [-0.4, -0.2) is 38.1 Å². The van der Waals surface area contributed by atoms with Gasteiger partial charge in [-0.3, -0.25) is 21.3 Å². The van der Waals surface area contributed by atoms with Crippen LogP contribution in [0.4, 0.5) is 0 Å². The molecular weight excluding hydrogens is 304 g/mol. The summed E-state index contributed by atoms with van der Waals surface area (Å²) in [6.07, 6.45) is -1.93. The van der Waals surface area contributed by atoms with Gasteiger partial charge in [-0.15, -0.1) is 0 Å². The number of aliphatic hydroxyl groups is 1. The minimum atomic E-state index is -1.71. The Balaban J connectivity index is 3.13. The fraction of sp³-hybridized carbons (Fsp3) is 0.429. The number of carbonyl (C=O) groups excluding carboxylic acids is 1. The van der Waals surface area contributed by atoms with E-state index in [1.54, 1.807) is 0 Å². The molecule has 1 rings (SSSR count). The van der Waals surface area contributed by atoms with Crippen LogP contribution in [0, 0.1) is 0 Å². The van der Waals surface area contributed by atoms with Gasteiger partial charge in [-0.25, -0.2) is 10.9 Å². The number of aliphatic hydroxyl groups excluding tert-OH is 1. The van der Waals surface area contributed by atoms with E-state index in [9.17, 15) is 19.8 Å². The first kappa shape index (κ1) is 19.0. The molecule has 3 atom stereocenters. The third-order valence-electron chi connectivity index (χ3n) is 3.92. The Bertz CT molecular complexity index is 596. The standard InChI is InChI=1S/C14H22N4O5/c1-13(17-15,12(22)23)7-10(20)14(2,18-16)11(21)8-4-3-5-9(19)6-8/h3-6,11,17-19,21H,7,15-16H2,1-2H3,(H,22,23)/t11-,13-,14+/m0/s1. The van der Waals surface area contributed by atoms with Crippen molar-refractivity contribution in [1.29, 1.82) is 0 Å². The summed E-state index contributed by atoms with van der Waals surface area (Å²) in [5.41, 5.74) is 1.17. The number of hydrogen-bond donors (Lipinski definition) is 7. The average molecular weight is 326 g/mol. The molecule has 128 valence electrons. The lowest BCUT2D eigenvalue weighted by atomic mass is 9.80. The molecule has 23 heavy (non-hydrogen) atoms. The lowest BCUT2D eigenvalue weighted by Crippen LogP contribution is -2.62. The number of carboxylic acid groups (broad SMARTS) is 1. The molecule has 0 unspecified atom stereocenters. The van der Waals surface area contributed by atoms with Crippen molar-refractivity contribution in [3.8, 4) is 5.75 Å². The zero-order valence-electron chi connectivity index (χ0n) is 12.9. The highest BCUT2D eigenvalue weighted by atomic mass is 16.4. The van der Waals surface area contributed by atoms with E-state index in [2.05, 4.69) is 10.9 Å². The van der Waals surface area contributed by atoms with Crippen LogP contribution in [0.1, 0.15) is 31.9 Å². The van der Waals surface area contributed by atoms with Gasteiger partial charge in [0.25, 0.3) is 0 Å². The van der Waals surface area contributed by atoms with Crippen LogP contribution < -0.4 is 22.5 Å². The van der Waals surface area contributed by atoms with Gasteiger partial charge >= 0.3 is 5.97 Å². The fourth-order valence-electron chi connectivity index (χ4n) is 2.03. The van der Waals surface area contributed by atoms with Crippen LogP contribution in [-0.2, 0) is 9.59 Å². The lowest BCUT2D eigenvalue weighted by molar-refractivity contribution is -0.148. The molecule has 1 aromatic carbocycles. The summed E-state index contributed by atoms with van der Waals surface area (Å²) in [7, 11) is 0. The van der Waals surface area contributed by atoms with E-state index < -0.39 is 35.4 Å². The van der Waals surface area contributed by atoms with Gasteiger partial charge in [0.05, 0.1) is 0 Å². The predicted octanol–water partition coefficient (Wildman–Crippen LogP) is -1.09. The average Bonchev–Trinajstić information content (AvgIpc) is 2.52. The van der Waals surface area contributed by atoms with Gasteiger partial charge in [-0.05, 0) is 31.5 Å². The van der Waals surface area contributed by atoms with E-state index in [4.69, 9.17) is 16.8 Å². The summed E-state index contributed by atoms with van der Waals surface area (Å²) in [5, 5.41) is 29.1. The Hall–Kier alpha value is -2.04. The van der Waals surface area contributed by atoms with Crippen molar-refractivity contribution >= 4 is 11.8 Å². The maximum atomic E-state index is 12.6. The summed E-state index contributed by atoms with van der Waals surface area (Å²) >= 11 is 0. The van der Waals surface area contributed by atoms with E-state index in [1.807, 2.05) is 0 Å². The molecule has 0 aliphatic rings. The van der Waals surface area contributed by atoms with Gasteiger partial charge in [0, 0.05) is 6.42 Å². The Labute approximate surface area is 133 Å². The van der Waals surface area contributed by atoms with Gasteiger partial charge in [-0.2, -0.15) is 0 Å². The largest absolute Gasteiger partial charge is 0.508 e. The number of phenols is 1. The van der Waals surface area contributed by atoms with E-state index >= 15 is 0 Å². The van der Waals surface area contributed by atoms with Crippen LogP contribution in [0.2, 0.25) is 0 Å². The van der Waals surface area contributed by atoms with Crippen molar-refractivity contribution in [2.45, 2.75) is 37.5 Å². The van der Waals surface area contributed by atoms with Crippen molar-refractivity contribution in [2.75, 3.05) is 0 Å². The van der Waals surface area contributed by atoms with Crippen LogP contribution >= 0.6 is 0 Å². The number of carbonyl (C=O) groups is 2. The second-order valence-corrected chi connectivity index (χ2v) is 5.73. The number of aliphatic carboxylic acids is 1. The third-order valence-corrected chi connectivity index (χ3v) is 3.92. The highest BCUT2D eigenvalue weighted by Gasteiger charge is 2.45. The van der Waals surface area contributed by atoms with Gasteiger partial charge in [-0.1, -0.05) is 12.1 Å². The number of ketones is 1. The molecule has 0 aliphatic heterocycles. The molecule has 0 bridgehead atoms. The SMILES string of the molecule is C[C@@](CC(=O)[C@@](C)(NN)[C@@H](O)c1cccc(O)c1)(NN)C(=O)O. The first-order valence-corrected chi connectivity index (χ1v) is 6.80. The molecule has 9 nitrogen and oxygen atoms in total. The summed E-state index contributed by atoms with van der Waals surface area (Å²) in [4.78, 5) is 23.8. The van der Waals surface area contributed by atoms with Gasteiger partial charge < -0.3 is 15.3 Å².